The number of nitrogens with one attached hydrogen (secondary N) is 1. The monoisotopic (exact) mass is 294 g/mol. The predicted molar refractivity (Wildman–Crippen MR) is 98.9 cm³/mol. The molecule has 0 saturated heterocycles. The molecule has 0 spiro atoms. The van der Waals surface area contributed by atoms with E-state index in [0.29, 0.717) is 0 Å². The zero-order valence-corrected chi connectivity index (χ0v) is 14.2. The number of aromatic amines is 1. The van der Waals surface area contributed by atoms with Gasteiger partial charge in [0.15, 0.2) is 0 Å². The highest BCUT2D eigenvalue weighted by Gasteiger charge is 2.02. The van der Waals surface area contributed by atoms with Crippen LogP contribution in [-0.2, 0) is 0 Å². The summed E-state index contributed by atoms with van der Waals surface area (Å²) < 4.78 is 0. The second-order valence-electron chi connectivity index (χ2n) is 4.22. The predicted octanol–water partition coefficient (Wildman–Crippen LogP) is 6.32. The third kappa shape index (κ3) is 4.32. The van der Waals surface area contributed by atoms with Gasteiger partial charge in [0.25, 0.3) is 0 Å². The first kappa shape index (κ1) is 17.7. The van der Waals surface area contributed by atoms with Crippen LogP contribution in [0.4, 0.5) is 0 Å². The molecule has 2 nitrogen and oxygen atoms in total. The molecule has 116 valence electrons. The quantitative estimate of drug-likeness (QED) is 0.589. The number of benzene rings is 2. The van der Waals surface area contributed by atoms with E-state index in [1.54, 1.807) is 0 Å². The largest absolute Gasteiger partial charge is 0.338 e. The molecule has 1 N–H and O–H groups in total. The molecule has 0 aliphatic heterocycles. The first-order valence-electron chi connectivity index (χ1n) is 8.05. The van der Waals surface area contributed by atoms with E-state index >= 15 is 0 Å². The van der Waals surface area contributed by atoms with Gasteiger partial charge in [0.2, 0.25) is 0 Å². The highest BCUT2D eigenvalue weighted by atomic mass is 14.9. The number of hydrogen-bond acceptors (Lipinski definition) is 1. The van der Waals surface area contributed by atoms with Crippen molar-refractivity contribution in [2.45, 2.75) is 34.6 Å². The number of rotatable bonds is 2. The molecule has 0 atom stereocenters. The number of fused-ring (bicyclic) bond motifs is 1. The Morgan fingerprint density at radius 3 is 2.18 bits per heavy atom. The van der Waals surface area contributed by atoms with Crippen molar-refractivity contribution in [3.05, 3.63) is 60.4 Å². The Morgan fingerprint density at radius 1 is 0.864 bits per heavy atom. The Morgan fingerprint density at radius 2 is 1.55 bits per heavy atom. The van der Waals surface area contributed by atoms with Crippen LogP contribution in [0.2, 0.25) is 0 Å². The van der Waals surface area contributed by atoms with E-state index in [-0.39, 0.29) is 0 Å². The summed E-state index contributed by atoms with van der Waals surface area (Å²) in [5, 5.41) is 0. The normalized spacial score (nSPS) is 9.86. The Hall–Kier alpha value is -2.35. The second-order valence-corrected chi connectivity index (χ2v) is 4.22. The van der Waals surface area contributed by atoms with Crippen molar-refractivity contribution >= 4 is 17.1 Å². The molecule has 0 aliphatic rings. The highest BCUT2D eigenvalue weighted by molar-refractivity contribution is 5.82. The lowest BCUT2D eigenvalue weighted by atomic mass is 10.1. The zero-order chi connectivity index (χ0) is 16.4. The Labute approximate surface area is 133 Å². The lowest BCUT2D eigenvalue weighted by Crippen LogP contribution is -1.77. The van der Waals surface area contributed by atoms with Crippen LogP contribution >= 0.6 is 0 Å². The maximum atomic E-state index is 4.49. The number of imidazole rings is 1. The molecule has 0 unspecified atom stereocenters. The van der Waals surface area contributed by atoms with E-state index in [4.69, 9.17) is 0 Å². The third-order valence-electron chi connectivity index (χ3n) is 2.93. The Bertz CT molecular complexity index is 694. The number of hydrogen-bond donors (Lipinski definition) is 1. The molecule has 3 rings (SSSR count). The van der Waals surface area contributed by atoms with Gasteiger partial charge in [-0.15, -0.1) is 0 Å². The molecule has 0 amide bonds. The lowest BCUT2D eigenvalue weighted by molar-refractivity contribution is 1.29. The van der Waals surface area contributed by atoms with Crippen LogP contribution < -0.4 is 0 Å². The number of nitrogens with zero attached hydrogens (tertiary/aromatic N) is 1. The SMILES string of the molecule is C/C=C/c1nc2ccc(-c3ccccc3)cc2[nH]1.CC.CC. The van der Waals surface area contributed by atoms with Crippen LogP contribution in [0.3, 0.4) is 0 Å². The smallest absolute Gasteiger partial charge is 0.130 e. The first-order valence-corrected chi connectivity index (χ1v) is 8.05. The molecule has 1 heterocycles. The summed E-state index contributed by atoms with van der Waals surface area (Å²) in [5.74, 6) is 0.901. The summed E-state index contributed by atoms with van der Waals surface area (Å²) in [6.07, 6.45) is 3.96. The van der Waals surface area contributed by atoms with Crippen molar-refractivity contribution < 1.29 is 0 Å². The Kier molecular flexibility index (Phi) is 7.69. The molecule has 1 aromatic heterocycles. The fourth-order valence-corrected chi connectivity index (χ4v) is 2.08. The molecule has 0 saturated carbocycles. The minimum atomic E-state index is 0.901. The third-order valence-corrected chi connectivity index (χ3v) is 2.93. The zero-order valence-electron chi connectivity index (χ0n) is 14.2. The first-order chi connectivity index (χ1) is 10.9. The van der Waals surface area contributed by atoms with Crippen LogP contribution in [0.1, 0.15) is 40.4 Å². The van der Waals surface area contributed by atoms with E-state index in [1.807, 2.05) is 52.8 Å². The average Bonchev–Trinajstić information content (AvgIpc) is 3.01. The molecule has 0 bridgehead atoms. The summed E-state index contributed by atoms with van der Waals surface area (Å²) >= 11 is 0. The summed E-state index contributed by atoms with van der Waals surface area (Å²) in [4.78, 5) is 7.80. The van der Waals surface area contributed by atoms with Crippen LogP contribution in [-0.4, -0.2) is 9.97 Å². The van der Waals surface area contributed by atoms with Gasteiger partial charge in [0.05, 0.1) is 11.0 Å². The fourth-order valence-electron chi connectivity index (χ4n) is 2.08. The summed E-state index contributed by atoms with van der Waals surface area (Å²) in [6.45, 7) is 9.99. The second kappa shape index (κ2) is 9.56. The van der Waals surface area contributed by atoms with Crippen LogP contribution in [0.25, 0.3) is 28.2 Å². The van der Waals surface area contributed by atoms with E-state index in [1.165, 1.54) is 11.1 Å². The van der Waals surface area contributed by atoms with Gasteiger partial charge >= 0.3 is 0 Å². The van der Waals surface area contributed by atoms with E-state index < -0.39 is 0 Å². The van der Waals surface area contributed by atoms with E-state index in [0.717, 1.165) is 16.9 Å². The molecule has 22 heavy (non-hydrogen) atoms. The van der Waals surface area contributed by atoms with Gasteiger partial charge in [0.1, 0.15) is 5.82 Å². The maximum Gasteiger partial charge on any atom is 0.130 e. The van der Waals surface area contributed by atoms with Gasteiger partial charge in [-0.2, -0.15) is 0 Å². The molecule has 2 aromatic carbocycles. The van der Waals surface area contributed by atoms with Crippen molar-refractivity contribution in [3.63, 3.8) is 0 Å². The van der Waals surface area contributed by atoms with E-state index in [2.05, 4.69) is 52.4 Å². The minimum Gasteiger partial charge on any atom is -0.338 e. The van der Waals surface area contributed by atoms with Crippen LogP contribution in [0.5, 0.6) is 0 Å². The van der Waals surface area contributed by atoms with Crippen molar-refractivity contribution in [3.8, 4) is 11.1 Å². The maximum absolute atomic E-state index is 4.49. The van der Waals surface area contributed by atoms with Gasteiger partial charge in [0, 0.05) is 0 Å². The fraction of sp³-hybridized carbons (Fsp3) is 0.250. The number of allylic oxidation sites excluding steroid dienone is 1. The molecular formula is C20H26N2. The summed E-state index contributed by atoms with van der Waals surface area (Å²) in [6, 6.07) is 16.7. The topological polar surface area (TPSA) is 28.7 Å². The van der Waals surface area contributed by atoms with E-state index in [9.17, 15) is 0 Å². The molecule has 2 heteroatoms. The van der Waals surface area contributed by atoms with Crippen LogP contribution in [0, 0.1) is 0 Å². The van der Waals surface area contributed by atoms with Crippen molar-refractivity contribution in [2.75, 3.05) is 0 Å². The Balaban J connectivity index is 0.000000561. The molecule has 0 fully saturated rings. The average molecular weight is 294 g/mol. The van der Waals surface area contributed by atoms with Gasteiger partial charge in [-0.05, 0) is 36.3 Å². The van der Waals surface area contributed by atoms with Gasteiger partial charge in [-0.3, -0.25) is 0 Å². The molecular weight excluding hydrogens is 268 g/mol. The number of aromatic nitrogens is 2. The van der Waals surface area contributed by atoms with Crippen molar-refractivity contribution in [2.24, 2.45) is 0 Å². The van der Waals surface area contributed by atoms with Gasteiger partial charge in [-0.25, -0.2) is 4.98 Å². The highest BCUT2D eigenvalue weighted by Crippen LogP contribution is 2.23. The lowest BCUT2D eigenvalue weighted by Gasteiger charge is -2.00. The summed E-state index contributed by atoms with van der Waals surface area (Å²) in [7, 11) is 0. The van der Waals surface area contributed by atoms with Crippen molar-refractivity contribution in [1.82, 2.24) is 9.97 Å². The molecule has 3 aromatic rings. The summed E-state index contributed by atoms with van der Waals surface area (Å²) in [5.41, 5.74) is 4.51. The van der Waals surface area contributed by atoms with Crippen molar-refractivity contribution in [1.29, 1.82) is 0 Å². The minimum absolute atomic E-state index is 0.901. The standard InChI is InChI=1S/C16H14N2.2C2H6/c1-2-6-16-17-14-10-9-13(11-15(14)18-16)12-7-4-3-5-8-12;2*1-2/h2-11H,1H3,(H,17,18);2*1-2H3/b6-2+;;. The van der Waals surface area contributed by atoms with Crippen LogP contribution in [0.15, 0.2) is 54.6 Å². The van der Waals surface area contributed by atoms with Gasteiger partial charge in [-0.1, -0.05) is 70.2 Å². The number of H-pyrrole nitrogens is 1. The molecule has 0 aliphatic carbocycles. The molecule has 0 radical (unpaired) electrons. The van der Waals surface area contributed by atoms with Gasteiger partial charge < -0.3 is 4.98 Å².